The summed E-state index contributed by atoms with van der Waals surface area (Å²) in [6.45, 7) is 2.03. The lowest BCUT2D eigenvalue weighted by molar-refractivity contribution is -0.146. The fourth-order valence-corrected chi connectivity index (χ4v) is 5.16. The van der Waals surface area contributed by atoms with Gasteiger partial charge in [0.1, 0.15) is 6.61 Å². The van der Waals surface area contributed by atoms with Crippen LogP contribution < -0.4 is 10.6 Å². The summed E-state index contributed by atoms with van der Waals surface area (Å²) in [5.74, 6) is -1.71. The molecule has 202 valence electrons. The molecule has 1 saturated carbocycles. The highest BCUT2D eigenvalue weighted by Gasteiger charge is 2.47. The molecule has 5 rings (SSSR count). The number of rotatable bonds is 11. The van der Waals surface area contributed by atoms with E-state index in [2.05, 4.69) is 34.9 Å². The second kappa shape index (κ2) is 11.3. The predicted octanol–water partition coefficient (Wildman–Crippen LogP) is 4.62. The Labute approximate surface area is 227 Å². The number of amides is 2. The van der Waals surface area contributed by atoms with Crippen LogP contribution in [0.5, 0.6) is 0 Å². The first-order valence-electron chi connectivity index (χ1n) is 13.2. The molecule has 2 aliphatic rings. The van der Waals surface area contributed by atoms with E-state index >= 15 is 0 Å². The molecular formula is C31H32N2O6. The maximum atomic E-state index is 12.8. The van der Waals surface area contributed by atoms with Crippen molar-refractivity contribution in [3.63, 3.8) is 0 Å². The van der Waals surface area contributed by atoms with Gasteiger partial charge in [-0.15, -0.1) is 0 Å². The Balaban J connectivity index is 1.13. The quantitative estimate of drug-likeness (QED) is 0.335. The zero-order valence-corrected chi connectivity index (χ0v) is 21.8. The zero-order chi connectivity index (χ0) is 27.4. The molecular weight excluding hydrogens is 496 g/mol. The topological polar surface area (TPSA) is 114 Å². The van der Waals surface area contributed by atoms with Crippen molar-refractivity contribution < 1.29 is 29.0 Å². The summed E-state index contributed by atoms with van der Waals surface area (Å²) < 4.78 is 11.3. The summed E-state index contributed by atoms with van der Waals surface area (Å²) in [5, 5.41) is 15.1. The molecule has 0 aliphatic heterocycles. The Kier molecular flexibility index (Phi) is 7.65. The molecule has 3 aromatic rings. The number of carboxylic acid groups (broad SMARTS) is 1. The molecule has 0 saturated heterocycles. The van der Waals surface area contributed by atoms with E-state index in [9.17, 15) is 19.5 Å². The molecule has 8 heteroatoms. The van der Waals surface area contributed by atoms with Crippen LogP contribution in [0.25, 0.3) is 11.1 Å². The van der Waals surface area contributed by atoms with Gasteiger partial charge in [0.05, 0.1) is 18.2 Å². The molecule has 0 heterocycles. The van der Waals surface area contributed by atoms with Gasteiger partial charge in [0.25, 0.3) is 0 Å². The van der Waals surface area contributed by atoms with E-state index in [-0.39, 0.29) is 25.6 Å². The van der Waals surface area contributed by atoms with Gasteiger partial charge in [0, 0.05) is 12.3 Å². The number of fused-ring (bicyclic) bond motifs is 3. The average molecular weight is 529 g/mol. The van der Waals surface area contributed by atoms with Crippen molar-refractivity contribution in [2.75, 3.05) is 6.61 Å². The lowest BCUT2D eigenvalue weighted by Crippen LogP contribution is -2.50. The molecule has 3 N–H and O–H groups in total. The minimum Gasteiger partial charge on any atom is -0.480 e. The Morgan fingerprint density at radius 2 is 1.51 bits per heavy atom. The highest BCUT2D eigenvalue weighted by Crippen LogP contribution is 2.44. The van der Waals surface area contributed by atoms with Crippen LogP contribution in [0.3, 0.4) is 0 Å². The molecule has 2 atom stereocenters. The lowest BCUT2D eigenvalue weighted by atomic mass is 9.98. The smallest absolute Gasteiger partial charge is 0.407 e. The van der Waals surface area contributed by atoms with Gasteiger partial charge in [-0.05, 0) is 47.6 Å². The third kappa shape index (κ3) is 6.12. The fourth-order valence-electron chi connectivity index (χ4n) is 5.16. The number of hydrogen-bond acceptors (Lipinski definition) is 5. The van der Waals surface area contributed by atoms with Gasteiger partial charge in [-0.2, -0.15) is 0 Å². The number of alkyl carbamates (subject to hydrolysis) is 1. The monoisotopic (exact) mass is 528 g/mol. The summed E-state index contributed by atoms with van der Waals surface area (Å²) in [6, 6.07) is 24.4. The second-order valence-corrected chi connectivity index (χ2v) is 10.3. The van der Waals surface area contributed by atoms with Crippen LogP contribution in [0.4, 0.5) is 4.79 Å². The van der Waals surface area contributed by atoms with E-state index in [4.69, 9.17) is 9.47 Å². The van der Waals surface area contributed by atoms with E-state index in [1.807, 2.05) is 54.6 Å². The average Bonchev–Trinajstić information content (AvgIpc) is 3.61. The fraction of sp³-hybridized carbons (Fsp3) is 0.323. The largest absolute Gasteiger partial charge is 0.480 e. The first-order valence-corrected chi connectivity index (χ1v) is 13.2. The molecule has 0 radical (unpaired) electrons. The number of benzene rings is 3. The number of ether oxygens (including phenoxy) is 2. The van der Waals surface area contributed by atoms with Gasteiger partial charge in [-0.1, -0.05) is 78.9 Å². The Hall–Kier alpha value is -4.17. The number of aliphatic carboxylic acids is 1. The summed E-state index contributed by atoms with van der Waals surface area (Å²) >= 11 is 0. The van der Waals surface area contributed by atoms with E-state index in [0.29, 0.717) is 12.8 Å². The number of carbonyl (C=O) groups excluding carboxylic acids is 2. The molecule has 2 aliphatic carbocycles. The SMILES string of the molecule is C[C@@H](OCc1ccccc1)[C@H](NC(=O)CC1(NC(=O)OCC2c3ccccc3-c3ccccc32)CC1)C(=O)O. The lowest BCUT2D eigenvalue weighted by Gasteiger charge is -2.24. The summed E-state index contributed by atoms with van der Waals surface area (Å²) in [4.78, 5) is 37.4. The third-order valence-electron chi connectivity index (χ3n) is 7.47. The Morgan fingerprint density at radius 1 is 0.923 bits per heavy atom. The van der Waals surface area contributed by atoms with Crippen LogP contribution in [-0.2, 0) is 25.7 Å². The maximum absolute atomic E-state index is 12.8. The van der Waals surface area contributed by atoms with Crippen LogP contribution in [0.2, 0.25) is 0 Å². The van der Waals surface area contributed by atoms with Crippen LogP contribution in [0, 0.1) is 0 Å². The van der Waals surface area contributed by atoms with E-state index in [1.165, 1.54) is 0 Å². The zero-order valence-electron chi connectivity index (χ0n) is 21.8. The minimum atomic E-state index is -1.22. The third-order valence-corrected chi connectivity index (χ3v) is 7.47. The number of carboxylic acids is 1. The van der Waals surface area contributed by atoms with Crippen molar-refractivity contribution in [1.82, 2.24) is 10.6 Å². The number of hydrogen-bond donors (Lipinski definition) is 3. The highest BCUT2D eigenvalue weighted by atomic mass is 16.5. The van der Waals surface area contributed by atoms with Gasteiger partial charge in [-0.3, -0.25) is 4.79 Å². The molecule has 39 heavy (non-hydrogen) atoms. The van der Waals surface area contributed by atoms with Crippen molar-refractivity contribution >= 4 is 18.0 Å². The van der Waals surface area contributed by atoms with E-state index in [1.54, 1.807) is 6.92 Å². The molecule has 0 bridgehead atoms. The number of nitrogens with one attached hydrogen (secondary N) is 2. The molecule has 1 fully saturated rings. The van der Waals surface area contributed by atoms with Gasteiger partial charge in [0.15, 0.2) is 6.04 Å². The van der Waals surface area contributed by atoms with Crippen molar-refractivity contribution in [3.05, 3.63) is 95.6 Å². The standard InChI is InChI=1S/C31H32N2O6/c1-20(38-18-21-9-3-2-4-10-21)28(29(35)36)32-27(34)17-31(15-16-31)33-30(37)39-19-26-24-13-7-5-11-22(24)23-12-6-8-14-25(23)26/h2-14,20,26,28H,15-19H2,1H3,(H,32,34)(H,33,37)(H,35,36)/t20-,28+/m1/s1. The van der Waals surface area contributed by atoms with Gasteiger partial charge in [-0.25, -0.2) is 9.59 Å². The molecule has 0 spiro atoms. The van der Waals surface area contributed by atoms with Crippen LogP contribution >= 0.6 is 0 Å². The first-order chi connectivity index (χ1) is 18.8. The Morgan fingerprint density at radius 3 is 2.10 bits per heavy atom. The number of carbonyl (C=O) groups is 3. The summed E-state index contributed by atoms with van der Waals surface area (Å²) in [7, 11) is 0. The molecule has 3 aromatic carbocycles. The molecule has 0 aromatic heterocycles. The van der Waals surface area contributed by atoms with E-state index < -0.39 is 35.7 Å². The van der Waals surface area contributed by atoms with Gasteiger partial charge < -0.3 is 25.2 Å². The van der Waals surface area contributed by atoms with Crippen molar-refractivity contribution in [1.29, 1.82) is 0 Å². The van der Waals surface area contributed by atoms with Gasteiger partial charge in [0.2, 0.25) is 5.91 Å². The normalized spacial score (nSPS) is 16.3. The van der Waals surface area contributed by atoms with Gasteiger partial charge >= 0.3 is 12.1 Å². The Bertz CT molecular complexity index is 1310. The second-order valence-electron chi connectivity index (χ2n) is 10.3. The van der Waals surface area contributed by atoms with Crippen LogP contribution in [-0.4, -0.2) is 47.4 Å². The predicted molar refractivity (Wildman–Crippen MR) is 145 cm³/mol. The summed E-state index contributed by atoms with van der Waals surface area (Å²) in [6.07, 6.45) is -0.148. The van der Waals surface area contributed by atoms with Crippen molar-refractivity contribution in [3.8, 4) is 11.1 Å². The molecule has 2 amide bonds. The van der Waals surface area contributed by atoms with Crippen LogP contribution in [0.15, 0.2) is 78.9 Å². The van der Waals surface area contributed by atoms with Crippen molar-refractivity contribution in [2.45, 2.75) is 56.4 Å². The molecule has 0 unspecified atom stereocenters. The van der Waals surface area contributed by atoms with Crippen molar-refractivity contribution in [2.24, 2.45) is 0 Å². The minimum absolute atomic E-state index is 0.0353. The molecule has 8 nitrogen and oxygen atoms in total. The first kappa shape index (κ1) is 26.4. The van der Waals surface area contributed by atoms with E-state index in [0.717, 1.165) is 27.8 Å². The maximum Gasteiger partial charge on any atom is 0.407 e. The highest BCUT2D eigenvalue weighted by molar-refractivity contribution is 5.85. The van der Waals surface area contributed by atoms with Crippen LogP contribution in [0.1, 0.15) is 48.8 Å². The summed E-state index contributed by atoms with van der Waals surface area (Å²) in [5.41, 5.74) is 4.71.